The molecule has 53 heavy (non-hydrogen) atoms. The van der Waals surface area contributed by atoms with E-state index in [1.807, 2.05) is 0 Å². The molecule has 0 saturated carbocycles. The van der Waals surface area contributed by atoms with Crippen LogP contribution < -0.4 is 19.3 Å². The first-order valence-electron chi connectivity index (χ1n) is 16.5. The van der Waals surface area contributed by atoms with Crippen LogP contribution in [-0.4, -0.2) is 33.8 Å². The number of imide groups is 2. The highest BCUT2D eigenvalue weighted by Crippen LogP contribution is 2.34. The number of hydrogen-bond acceptors (Lipinski definition) is 9. The third-order valence-electron chi connectivity index (χ3n) is 8.88. The van der Waals surface area contributed by atoms with Crippen LogP contribution in [0.3, 0.4) is 0 Å². The molecule has 2 aliphatic heterocycles. The van der Waals surface area contributed by atoms with Gasteiger partial charge in [0.05, 0.1) is 33.6 Å². The largest absolute Gasteiger partial charge is 0.457 e. The Kier molecular flexibility index (Phi) is 7.44. The summed E-state index contributed by atoms with van der Waals surface area (Å²) in [5, 5.41) is 8.41. The molecule has 254 valence electrons. The highest BCUT2D eigenvalue weighted by atomic mass is 16.5. The number of carbonyl (C=O) groups is 4. The number of rotatable bonds is 8. The standard InChI is InChI=1S/C42H24N4O7/c47-39-33-5-1-2-6-34(33)40(48)45(39)27-13-21-31(22-14-27)51-29-17-9-25(10-18-29)37-43-44-38(53-37)26-11-19-30(20-12-26)52-32-23-15-28(16-24-32)46-41(49)35-7-3-4-8-36(35)42(46)50/h1-24H. The molecule has 6 aromatic carbocycles. The Bertz CT molecular complexity index is 2330. The molecule has 0 bridgehead atoms. The molecule has 11 nitrogen and oxygen atoms in total. The number of amides is 4. The van der Waals surface area contributed by atoms with Crippen LogP contribution in [0.4, 0.5) is 11.4 Å². The lowest BCUT2D eigenvalue weighted by Gasteiger charge is -2.14. The van der Waals surface area contributed by atoms with E-state index in [2.05, 4.69) is 10.2 Å². The van der Waals surface area contributed by atoms with Crippen LogP contribution >= 0.6 is 0 Å². The normalized spacial score (nSPS) is 13.4. The Labute approximate surface area is 301 Å². The molecule has 0 atom stereocenters. The second-order valence-corrected chi connectivity index (χ2v) is 12.1. The van der Waals surface area contributed by atoms with E-state index < -0.39 is 0 Å². The average molecular weight is 697 g/mol. The molecule has 0 radical (unpaired) electrons. The van der Waals surface area contributed by atoms with E-state index in [4.69, 9.17) is 13.9 Å². The highest BCUT2D eigenvalue weighted by Gasteiger charge is 2.37. The molecule has 0 spiro atoms. The lowest BCUT2D eigenvalue weighted by molar-refractivity contribution is 0.0910. The average Bonchev–Trinajstić information content (AvgIpc) is 3.86. The van der Waals surface area contributed by atoms with Crippen molar-refractivity contribution in [2.24, 2.45) is 0 Å². The Morgan fingerprint density at radius 2 is 0.660 bits per heavy atom. The van der Waals surface area contributed by atoms with Gasteiger partial charge in [0, 0.05) is 11.1 Å². The van der Waals surface area contributed by atoms with Gasteiger partial charge in [-0.15, -0.1) is 10.2 Å². The van der Waals surface area contributed by atoms with Crippen molar-refractivity contribution in [1.82, 2.24) is 10.2 Å². The number of hydrogen-bond donors (Lipinski definition) is 0. The van der Waals surface area contributed by atoms with Crippen molar-refractivity contribution in [3.63, 3.8) is 0 Å². The third kappa shape index (κ3) is 5.58. The van der Waals surface area contributed by atoms with Crippen molar-refractivity contribution < 1.29 is 33.1 Å². The predicted octanol–water partition coefficient (Wildman–Crippen LogP) is 8.59. The summed E-state index contributed by atoms with van der Waals surface area (Å²) in [4.78, 5) is 53.5. The van der Waals surface area contributed by atoms with Gasteiger partial charge >= 0.3 is 0 Å². The first-order valence-corrected chi connectivity index (χ1v) is 16.5. The maximum absolute atomic E-state index is 12.8. The van der Waals surface area contributed by atoms with Crippen molar-refractivity contribution in [2.45, 2.75) is 0 Å². The van der Waals surface area contributed by atoms with Gasteiger partial charge < -0.3 is 13.9 Å². The van der Waals surface area contributed by atoms with E-state index >= 15 is 0 Å². The lowest BCUT2D eigenvalue weighted by atomic mass is 10.1. The molecule has 0 unspecified atom stereocenters. The Morgan fingerprint density at radius 3 is 0.962 bits per heavy atom. The van der Waals surface area contributed by atoms with Crippen LogP contribution in [0, 0.1) is 0 Å². The van der Waals surface area contributed by atoms with Crippen LogP contribution in [0.2, 0.25) is 0 Å². The monoisotopic (exact) mass is 696 g/mol. The van der Waals surface area contributed by atoms with Gasteiger partial charge in [0.1, 0.15) is 23.0 Å². The van der Waals surface area contributed by atoms with Gasteiger partial charge in [0.15, 0.2) is 0 Å². The lowest BCUT2D eigenvalue weighted by Crippen LogP contribution is -2.29. The van der Waals surface area contributed by atoms with Crippen LogP contribution in [0.5, 0.6) is 23.0 Å². The molecule has 0 saturated heterocycles. The van der Waals surface area contributed by atoms with Crippen LogP contribution in [-0.2, 0) is 0 Å². The van der Waals surface area contributed by atoms with Gasteiger partial charge in [0.2, 0.25) is 11.8 Å². The maximum atomic E-state index is 12.8. The van der Waals surface area contributed by atoms with Crippen LogP contribution in [0.25, 0.3) is 22.9 Å². The molecule has 11 heteroatoms. The fourth-order valence-electron chi connectivity index (χ4n) is 6.23. The summed E-state index contributed by atoms with van der Waals surface area (Å²) in [6, 6.07) is 41.3. The predicted molar refractivity (Wildman–Crippen MR) is 193 cm³/mol. The van der Waals surface area contributed by atoms with Gasteiger partial charge in [-0.2, -0.15) is 0 Å². The van der Waals surface area contributed by atoms with Gasteiger partial charge in [0.25, 0.3) is 23.6 Å². The van der Waals surface area contributed by atoms with Crippen molar-refractivity contribution in [1.29, 1.82) is 0 Å². The summed E-state index contributed by atoms with van der Waals surface area (Å²) in [6.07, 6.45) is 0. The molecule has 4 amide bonds. The molecule has 7 aromatic rings. The highest BCUT2D eigenvalue weighted by molar-refractivity contribution is 6.35. The minimum absolute atomic E-state index is 0.329. The van der Waals surface area contributed by atoms with E-state index in [9.17, 15) is 19.2 Å². The topological polar surface area (TPSA) is 132 Å². The molecular formula is C42H24N4O7. The molecule has 9 rings (SSSR count). The molecule has 2 aliphatic rings. The molecular weight excluding hydrogens is 672 g/mol. The van der Waals surface area contributed by atoms with Gasteiger partial charge in [-0.1, -0.05) is 24.3 Å². The Hall–Kier alpha value is -7.66. The van der Waals surface area contributed by atoms with E-state index in [-0.39, 0.29) is 23.6 Å². The summed E-state index contributed by atoms with van der Waals surface area (Å²) in [6.45, 7) is 0. The summed E-state index contributed by atoms with van der Waals surface area (Å²) in [7, 11) is 0. The minimum Gasteiger partial charge on any atom is -0.457 e. The van der Waals surface area contributed by atoms with Crippen molar-refractivity contribution in [3.8, 4) is 45.9 Å². The number of fused-ring (bicyclic) bond motifs is 2. The minimum atomic E-state index is -0.353. The first kappa shape index (κ1) is 31.3. The van der Waals surface area contributed by atoms with E-state index in [0.717, 1.165) is 9.80 Å². The van der Waals surface area contributed by atoms with Gasteiger partial charge in [-0.05, 0) is 121 Å². The molecule has 0 aliphatic carbocycles. The fourth-order valence-corrected chi connectivity index (χ4v) is 6.23. The van der Waals surface area contributed by atoms with Gasteiger partial charge in [-0.3, -0.25) is 19.2 Å². The molecule has 3 heterocycles. The van der Waals surface area contributed by atoms with E-state index in [1.165, 1.54) is 0 Å². The number of aromatic nitrogens is 2. The summed E-state index contributed by atoms with van der Waals surface area (Å²) in [5.74, 6) is 1.44. The molecule has 0 N–H and O–H groups in total. The number of benzene rings is 6. The zero-order valence-electron chi connectivity index (χ0n) is 27.5. The summed E-state index contributed by atoms with van der Waals surface area (Å²) < 4.78 is 17.9. The van der Waals surface area contributed by atoms with E-state index in [0.29, 0.717) is 79.5 Å². The second-order valence-electron chi connectivity index (χ2n) is 12.1. The van der Waals surface area contributed by atoms with Crippen molar-refractivity contribution in [3.05, 3.63) is 168 Å². The number of carbonyl (C=O) groups excluding carboxylic acids is 4. The van der Waals surface area contributed by atoms with Crippen LogP contribution in [0.1, 0.15) is 41.4 Å². The first-order chi connectivity index (χ1) is 25.9. The van der Waals surface area contributed by atoms with Crippen molar-refractivity contribution in [2.75, 3.05) is 9.80 Å². The number of ether oxygens (including phenoxy) is 2. The van der Waals surface area contributed by atoms with Crippen LogP contribution in [0.15, 0.2) is 150 Å². The zero-order valence-corrected chi connectivity index (χ0v) is 27.5. The van der Waals surface area contributed by atoms with E-state index in [1.54, 1.807) is 146 Å². The smallest absolute Gasteiger partial charge is 0.266 e. The number of nitrogens with zero attached hydrogens (tertiary/aromatic N) is 4. The quantitative estimate of drug-likeness (QED) is 0.143. The summed E-state index contributed by atoms with van der Waals surface area (Å²) in [5.41, 5.74) is 3.87. The molecule has 0 fully saturated rings. The maximum Gasteiger partial charge on any atom is 0.266 e. The Balaban J connectivity index is 0.818. The third-order valence-corrected chi connectivity index (χ3v) is 8.88. The van der Waals surface area contributed by atoms with Gasteiger partial charge in [-0.25, -0.2) is 9.80 Å². The second kappa shape index (κ2) is 12.6. The molecule has 1 aromatic heterocycles. The van der Waals surface area contributed by atoms with Crippen molar-refractivity contribution >= 4 is 35.0 Å². The zero-order chi connectivity index (χ0) is 36.1. The summed E-state index contributed by atoms with van der Waals surface area (Å²) >= 11 is 0. The fraction of sp³-hybridized carbons (Fsp3) is 0. The SMILES string of the molecule is O=C1c2ccccc2C(=O)N1c1ccc(Oc2ccc(-c3nnc(-c4ccc(Oc5ccc(N6C(=O)c7ccccc7C6=O)cc5)cc4)o3)cc2)cc1. The Morgan fingerprint density at radius 1 is 0.377 bits per heavy atom. The number of anilines is 2.